The van der Waals surface area contributed by atoms with E-state index in [1.807, 2.05) is 32.0 Å². The zero-order valence-corrected chi connectivity index (χ0v) is 10.9. The molecule has 96 valence electrons. The van der Waals surface area contributed by atoms with Crippen LogP contribution in [0.5, 0.6) is 0 Å². The number of carboxylic acids is 1. The van der Waals surface area contributed by atoms with Crippen LogP contribution in [-0.2, 0) is 11.3 Å². The van der Waals surface area contributed by atoms with E-state index in [1.54, 1.807) is 11.9 Å². The molecule has 0 saturated heterocycles. The predicted molar refractivity (Wildman–Crippen MR) is 69.7 cm³/mol. The number of aryl methyl sites for hydroxylation is 2. The van der Waals surface area contributed by atoms with Gasteiger partial charge in [-0.3, -0.25) is 9.69 Å². The smallest absolute Gasteiger partial charge is 0.317 e. The number of aliphatic carboxylic acids is 1. The summed E-state index contributed by atoms with van der Waals surface area (Å²) in [5, 5.41) is 9.85. The first kappa shape index (κ1) is 12.6. The third-order valence-corrected chi connectivity index (χ3v) is 3.08. The molecule has 0 bridgehead atoms. The molecule has 0 saturated carbocycles. The van der Waals surface area contributed by atoms with Crippen LogP contribution in [0.3, 0.4) is 0 Å². The molecule has 0 amide bonds. The van der Waals surface area contributed by atoms with E-state index < -0.39 is 5.97 Å². The first-order valence-corrected chi connectivity index (χ1v) is 5.87. The number of rotatable bonds is 4. The highest BCUT2D eigenvalue weighted by Gasteiger charge is 2.14. The van der Waals surface area contributed by atoms with Crippen molar-refractivity contribution >= 4 is 16.9 Å². The Bertz CT molecular complexity index is 586. The molecule has 2 rings (SSSR count). The molecule has 18 heavy (non-hydrogen) atoms. The highest BCUT2D eigenvalue weighted by molar-refractivity contribution is 5.84. The molecule has 0 radical (unpaired) electrons. The number of furan rings is 1. The first-order valence-electron chi connectivity index (χ1n) is 5.87. The molecule has 0 aliphatic rings. The summed E-state index contributed by atoms with van der Waals surface area (Å²) in [6, 6.07) is 6.04. The Kier molecular flexibility index (Phi) is 3.39. The highest BCUT2D eigenvalue weighted by atomic mass is 16.4. The lowest BCUT2D eigenvalue weighted by molar-refractivity contribution is -0.138. The Morgan fingerprint density at radius 1 is 1.39 bits per heavy atom. The first-order chi connectivity index (χ1) is 8.49. The molecule has 0 aliphatic heterocycles. The van der Waals surface area contributed by atoms with Gasteiger partial charge in [-0.2, -0.15) is 0 Å². The standard InChI is InChI=1S/C14H17NO3/c1-9-5-4-6-11-10(2)12(18-14(9)11)7-15(3)8-13(16)17/h4-6H,7-8H2,1-3H3,(H,16,17). The van der Waals surface area contributed by atoms with Gasteiger partial charge in [0.2, 0.25) is 0 Å². The van der Waals surface area contributed by atoms with Crippen molar-refractivity contribution in [2.24, 2.45) is 0 Å². The number of nitrogens with zero attached hydrogens (tertiary/aromatic N) is 1. The van der Waals surface area contributed by atoms with Gasteiger partial charge in [0, 0.05) is 5.39 Å². The Morgan fingerprint density at radius 2 is 2.11 bits per heavy atom. The number of carbonyl (C=O) groups is 1. The van der Waals surface area contributed by atoms with Gasteiger partial charge in [-0.05, 0) is 32.0 Å². The van der Waals surface area contributed by atoms with E-state index in [0.29, 0.717) is 6.54 Å². The van der Waals surface area contributed by atoms with Crippen LogP contribution in [0.2, 0.25) is 0 Å². The highest BCUT2D eigenvalue weighted by Crippen LogP contribution is 2.28. The Balaban J connectivity index is 2.32. The van der Waals surface area contributed by atoms with Crippen molar-refractivity contribution in [1.82, 2.24) is 4.90 Å². The Hall–Kier alpha value is -1.81. The largest absolute Gasteiger partial charge is 0.480 e. The maximum atomic E-state index is 10.6. The average molecular weight is 247 g/mol. The zero-order valence-electron chi connectivity index (χ0n) is 10.9. The molecule has 1 heterocycles. The minimum absolute atomic E-state index is 0.00939. The van der Waals surface area contributed by atoms with Gasteiger partial charge in [-0.25, -0.2) is 0 Å². The summed E-state index contributed by atoms with van der Waals surface area (Å²) in [7, 11) is 1.77. The Morgan fingerprint density at radius 3 is 2.72 bits per heavy atom. The van der Waals surface area contributed by atoms with Crippen LogP contribution in [0.25, 0.3) is 11.0 Å². The monoisotopic (exact) mass is 247 g/mol. The van der Waals surface area contributed by atoms with Crippen molar-refractivity contribution < 1.29 is 14.3 Å². The summed E-state index contributed by atoms with van der Waals surface area (Å²) < 4.78 is 5.85. The second-order valence-corrected chi connectivity index (χ2v) is 4.67. The summed E-state index contributed by atoms with van der Waals surface area (Å²) in [4.78, 5) is 12.4. The minimum atomic E-state index is -0.831. The molecule has 0 spiro atoms. The molecule has 0 unspecified atom stereocenters. The second kappa shape index (κ2) is 4.82. The maximum Gasteiger partial charge on any atom is 0.317 e. The van der Waals surface area contributed by atoms with Gasteiger partial charge in [-0.15, -0.1) is 0 Å². The van der Waals surface area contributed by atoms with E-state index in [-0.39, 0.29) is 6.54 Å². The summed E-state index contributed by atoms with van der Waals surface area (Å²) in [6.07, 6.45) is 0. The fourth-order valence-electron chi connectivity index (χ4n) is 2.12. The van der Waals surface area contributed by atoms with Crippen molar-refractivity contribution in [2.75, 3.05) is 13.6 Å². The third-order valence-electron chi connectivity index (χ3n) is 3.08. The van der Waals surface area contributed by atoms with E-state index >= 15 is 0 Å². The topological polar surface area (TPSA) is 53.7 Å². The quantitative estimate of drug-likeness (QED) is 0.902. The molecule has 2 aromatic rings. The average Bonchev–Trinajstić information content (AvgIpc) is 2.57. The number of hydrogen-bond donors (Lipinski definition) is 1. The molecular formula is C14H17NO3. The number of fused-ring (bicyclic) bond motifs is 1. The van der Waals surface area contributed by atoms with Crippen LogP contribution in [0.4, 0.5) is 0 Å². The maximum absolute atomic E-state index is 10.6. The molecule has 4 nitrogen and oxygen atoms in total. The van der Waals surface area contributed by atoms with Gasteiger partial charge in [0.25, 0.3) is 0 Å². The molecule has 0 atom stereocenters. The van der Waals surface area contributed by atoms with Gasteiger partial charge in [0.1, 0.15) is 11.3 Å². The predicted octanol–water partition coefficient (Wildman–Crippen LogP) is 2.57. The van der Waals surface area contributed by atoms with Crippen LogP contribution >= 0.6 is 0 Å². The number of likely N-dealkylation sites (N-methyl/N-ethyl adjacent to an activating group) is 1. The number of hydrogen-bond acceptors (Lipinski definition) is 3. The van der Waals surface area contributed by atoms with Crippen LogP contribution in [-0.4, -0.2) is 29.6 Å². The lowest BCUT2D eigenvalue weighted by Crippen LogP contribution is -2.25. The van der Waals surface area contributed by atoms with Crippen molar-refractivity contribution in [3.05, 3.63) is 35.1 Å². The lowest BCUT2D eigenvalue weighted by atomic mass is 10.1. The van der Waals surface area contributed by atoms with Gasteiger partial charge >= 0.3 is 5.97 Å². The summed E-state index contributed by atoms with van der Waals surface area (Å²) >= 11 is 0. The normalized spacial score (nSPS) is 11.3. The Labute approximate surface area is 106 Å². The third kappa shape index (κ3) is 2.38. The summed E-state index contributed by atoms with van der Waals surface area (Å²) in [5.74, 6) is 0.00509. The van der Waals surface area contributed by atoms with Gasteiger partial charge in [0.15, 0.2) is 0 Å². The minimum Gasteiger partial charge on any atom is -0.480 e. The summed E-state index contributed by atoms with van der Waals surface area (Å²) in [6.45, 7) is 4.53. The van der Waals surface area contributed by atoms with Crippen molar-refractivity contribution in [2.45, 2.75) is 20.4 Å². The number of para-hydroxylation sites is 1. The van der Waals surface area contributed by atoms with Crippen LogP contribution in [0, 0.1) is 13.8 Å². The molecule has 1 N–H and O–H groups in total. The van der Waals surface area contributed by atoms with Crippen LogP contribution in [0.15, 0.2) is 22.6 Å². The van der Waals surface area contributed by atoms with Crippen LogP contribution in [0.1, 0.15) is 16.9 Å². The number of benzene rings is 1. The van der Waals surface area contributed by atoms with Crippen molar-refractivity contribution in [1.29, 1.82) is 0 Å². The number of carboxylic acid groups (broad SMARTS) is 1. The zero-order chi connectivity index (χ0) is 13.3. The van der Waals surface area contributed by atoms with Gasteiger partial charge in [-0.1, -0.05) is 18.2 Å². The van der Waals surface area contributed by atoms with Gasteiger partial charge < -0.3 is 9.52 Å². The molecule has 1 aromatic heterocycles. The van der Waals surface area contributed by atoms with Crippen LogP contribution < -0.4 is 0 Å². The molecule has 4 heteroatoms. The summed E-state index contributed by atoms with van der Waals surface area (Å²) in [5.41, 5.74) is 3.09. The molecule has 0 aliphatic carbocycles. The van der Waals surface area contributed by atoms with E-state index in [4.69, 9.17) is 9.52 Å². The fraction of sp³-hybridized carbons (Fsp3) is 0.357. The van der Waals surface area contributed by atoms with E-state index in [0.717, 1.165) is 27.9 Å². The van der Waals surface area contributed by atoms with Crippen molar-refractivity contribution in [3.8, 4) is 0 Å². The lowest BCUT2D eigenvalue weighted by Gasteiger charge is -2.12. The van der Waals surface area contributed by atoms with E-state index in [2.05, 4.69) is 0 Å². The van der Waals surface area contributed by atoms with E-state index in [1.165, 1.54) is 0 Å². The molecular weight excluding hydrogens is 230 g/mol. The fourth-order valence-corrected chi connectivity index (χ4v) is 2.12. The van der Waals surface area contributed by atoms with Crippen molar-refractivity contribution in [3.63, 3.8) is 0 Å². The van der Waals surface area contributed by atoms with E-state index in [9.17, 15) is 4.79 Å². The van der Waals surface area contributed by atoms with Gasteiger partial charge in [0.05, 0.1) is 13.1 Å². The molecule has 1 aromatic carbocycles. The SMILES string of the molecule is Cc1c(CN(C)CC(=O)O)oc2c(C)cccc12. The molecule has 0 fully saturated rings. The second-order valence-electron chi connectivity index (χ2n) is 4.67.